The lowest BCUT2D eigenvalue weighted by Crippen LogP contribution is -2.47. The molecule has 86 valence electrons. The van der Waals surface area contributed by atoms with Crippen LogP contribution in [0.3, 0.4) is 0 Å². The molecule has 1 unspecified atom stereocenters. The van der Waals surface area contributed by atoms with Gasteiger partial charge in [0, 0.05) is 0 Å². The lowest BCUT2D eigenvalue weighted by molar-refractivity contribution is -0.125. The van der Waals surface area contributed by atoms with Crippen LogP contribution in [0, 0.1) is 5.92 Å². The quantitative estimate of drug-likeness (QED) is 0.812. The molecule has 0 aliphatic heterocycles. The van der Waals surface area contributed by atoms with Crippen molar-refractivity contribution in [1.29, 1.82) is 0 Å². The molecule has 16 heavy (non-hydrogen) atoms. The minimum Gasteiger partial charge on any atom is -0.369 e. The molecule has 0 aromatic heterocycles. The number of primary amides is 1. The summed E-state index contributed by atoms with van der Waals surface area (Å²) in [6, 6.07) is 8.23. The maximum atomic E-state index is 11.9. The van der Waals surface area contributed by atoms with Crippen molar-refractivity contribution in [3.8, 4) is 0 Å². The van der Waals surface area contributed by atoms with Gasteiger partial charge in [-0.1, -0.05) is 38.1 Å². The Morgan fingerprint density at radius 3 is 2.69 bits per heavy atom. The van der Waals surface area contributed by atoms with E-state index in [-0.39, 0.29) is 11.8 Å². The standard InChI is InChI=1S/C14H19NO/c1-10(2)14(13(15)16)9-5-7-11-6-3-4-8-12(11)14/h3-4,6,8,10H,5,7,9H2,1-2H3,(H2,15,16). The number of rotatable bonds is 2. The van der Waals surface area contributed by atoms with Gasteiger partial charge in [0.1, 0.15) is 0 Å². The van der Waals surface area contributed by atoms with Gasteiger partial charge in [-0.15, -0.1) is 0 Å². The van der Waals surface area contributed by atoms with Crippen LogP contribution in [0.4, 0.5) is 0 Å². The van der Waals surface area contributed by atoms with Gasteiger partial charge in [0.05, 0.1) is 5.41 Å². The van der Waals surface area contributed by atoms with Crippen LogP contribution in [0.25, 0.3) is 0 Å². The normalized spacial score (nSPS) is 24.2. The monoisotopic (exact) mass is 217 g/mol. The molecule has 2 rings (SSSR count). The number of hydrogen-bond donors (Lipinski definition) is 1. The highest BCUT2D eigenvalue weighted by atomic mass is 16.1. The Morgan fingerprint density at radius 1 is 1.38 bits per heavy atom. The van der Waals surface area contributed by atoms with E-state index >= 15 is 0 Å². The Morgan fingerprint density at radius 2 is 2.06 bits per heavy atom. The Balaban J connectivity index is 2.61. The number of carbonyl (C=O) groups is 1. The number of fused-ring (bicyclic) bond motifs is 1. The fraction of sp³-hybridized carbons (Fsp3) is 0.500. The van der Waals surface area contributed by atoms with Crippen LogP contribution >= 0.6 is 0 Å². The van der Waals surface area contributed by atoms with Gasteiger partial charge in [-0.25, -0.2) is 0 Å². The fourth-order valence-electron chi connectivity index (χ4n) is 3.01. The Bertz CT molecular complexity index is 411. The third-order valence-electron chi connectivity index (χ3n) is 3.94. The van der Waals surface area contributed by atoms with E-state index in [4.69, 9.17) is 5.73 Å². The second-order valence-corrected chi connectivity index (χ2v) is 5.00. The second-order valence-electron chi connectivity index (χ2n) is 5.00. The molecular weight excluding hydrogens is 198 g/mol. The molecule has 0 saturated carbocycles. The van der Waals surface area contributed by atoms with E-state index < -0.39 is 5.41 Å². The van der Waals surface area contributed by atoms with Crippen LogP contribution in [0.5, 0.6) is 0 Å². The summed E-state index contributed by atoms with van der Waals surface area (Å²) in [5.74, 6) is 0.0844. The van der Waals surface area contributed by atoms with Gasteiger partial charge in [0.2, 0.25) is 5.91 Å². The van der Waals surface area contributed by atoms with Crippen molar-refractivity contribution in [2.75, 3.05) is 0 Å². The largest absolute Gasteiger partial charge is 0.369 e. The van der Waals surface area contributed by atoms with Gasteiger partial charge in [-0.3, -0.25) is 4.79 Å². The summed E-state index contributed by atoms with van der Waals surface area (Å²) in [6.45, 7) is 4.18. The molecule has 1 aliphatic rings. The molecule has 2 nitrogen and oxygen atoms in total. The number of hydrogen-bond acceptors (Lipinski definition) is 1. The van der Waals surface area contributed by atoms with Crippen LogP contribution in [-0.2, 0) is 16.6 Å². The van der Waals surface area contributed by atoms with Crippen molar-refractivity contribution in [1.82, 2.24) is 0 Å². The smallest absolute Gasteiger partial charge is 0.228 e. The average molecular weight is 217 g/mol. The van der Waals surface area contributed by atoms with Crippen LogP contribution in [-0.4, -0.2) is 5.91 Å². The molecule has 0 heterocycles. The van der Waals surface area contributed by atoms with Crippen molar-refractivity contribution in [3.63, 3.8) is 0 Å². The molecule has 1 aromatic rings. The predicted octanol–water partition coefficient (Wildman–Crippen LogP) is 2.40. The van der Waals surface area contributed by atoms with E-state index in [1.54, 1.807) is 0 Å². The van der Waals surface area contributed by atoms with Crippen LogP contribution in [0.1, 0.15) is 37.8 Å². The minimum atomic E-state index is -0.450. The van der Waals surface area contributed by atoms with Gasteiger partial charge in [0.25, 0.3) is 0 Å². The van der Waals surface area contributed by atoms with E-state index in [0.29, 0.717) is 0 Å². The van der Waals surface area contributed by atoms with Crippen LogP contribution in [0.2, 0.25) is 0 Å². The summed E-state index contributed by atoms with van der Waals surface area (Å²) >= 11 is 0. The number of aryl methyl sites for hydroxylation is 1. The summed E-state index contributed by atoms with van der Waals surface area (Å²) < 4.78 is 0. The molecule has 1 amide bonds. The first-order valence-electron chi connectivity index (χ1n) is 5.97. The molecule has 0 fully saturated rings. The maximum Gasteiger partial charge on any atom is 0.228 e. The second kappa shape index (κ2) is 3.93. The van der Waals surface area contributed by atoms with Crippen LogP contribution < -0.4 is 5.73 Å². The number of carbonyl (C=O) groups excluding carboxylic acids is 1. The Kier molecular flexibility index (Phi) is 2.75. The first-order chi connectivity index (χ1) is 7.59. The molecule has 0 spiro atoms. The summed E-state index contributed by atoms with van der Waals surface area (Å²) in [6.07, 6.45) is 3.01. The van der Waals surface area contributed by atoms with E-state index in [1.807, 2.05) is 12.1 Å². The molecule has 0 radical (unpaired) electrons. The fourth-order valence-corrected chi connectivity index (χ4v) is 3.01. The van der Waals surface area contributed by atoms with Crippen LogP contribution in [0.15, 0.2) is 24.3 Å². The summed E-state index contributed by atoms with van der Waals surface area (Å²) in [7, 11) is 0. The summed E-state index contributed by atoms with van der Waals surface area (Å²) in [5.41, 5.74) is 7.68. The van der Waals surface area contributed by atoms with Crippen molar-refractivity contribution in [2.45, 2.75) is 38.5 Å². The van der Waals surface area contributed by atoms with E-state index in [1.165, 1.54) is 5.56 Å². The summed E-state index contributed by atoms with van der Waals surface area (Å²) in [4.78, 5) is 11.9. The van der Waals surface area contributed by atoms with Gasteiger partial charge in [0.15, 0.2) is 0 Å². The highest BCUT2D eigenvalue weighted by Crippen LogP contribution is 2.42. The van der Waals surface area contributed by atoms with Gasteiger partial charge < -0.3 is 5.73 Å². The predicted molar refractivity (Wildman–Crippen MR) is 65.1 cm³/mol. The van der Waals surface area contributed by atoms with Gasteiger partial charge in [-0.2, -0.15) is 0 Å². The Labute approximate surface area is 96.8 Å². The third kappa shape index (κ3) is 1.44. The van der Waals surface area contributed by atoms with Gasteiger partial charge in [-0.05, 0) is 36.3 Å². The first kappa shape index (κ1) is 11.2. The zero-order valence-electron chi connectivity index (χ0n) is 9.99. The molecule has 2 heteroatoms. The van der Waals surface area contributed by atoms with E-state index in [9.17, 15) is 4.79 Å². The number of amides is 1. The molecular formula is C14H19NO. The SMILES string of the molecule is CC(C)C1(C(N)=O)CCCc2ccccc21. The van der Waals surface area contributed by atoms with Crippen molar-refractivity contribution in [2.24, 2.45) is 11.7 Å². The highest BCUT2D eigenvalue weighted by molar-refractivity contribution is 5.87. The van der Waals surface area contributed by atoms with Crippen molar-refractivity contribution < 1.29 is 4.79 Å². The van der Waals surface area contributed by atoms with Gasteiger partial charge >= 0.3 is 0 Å². The van der Waals surface area contributed by atoms with Crippen molar-refractivity contribution in [3.05, 3.63) is 35.4 Å². The number of benzene rings is 1. The third-order valence-corrected chi connectivity index (χ3v) is 3.94. The molecule has 1 aromatic carbocycles. The zero-order valence-corrected chi connectivity index (χ0v) is 9.99. The van der Waals surface area contributed by atoms with E-state index in [2.05, 4.69) is 26.0 Å². The van der Waals surface area contributed by atoms with E-state index in [0.717, 1.165) is 24.8 Å². The number of nitrogens with two attached hydrogens (primary N) is 1. The topological polar surface area (TPSA) is 43.1 Å². The molecule has 1 atom stereocenters. The highest BCUT2D eigenvalue weighted by Gasteiger charge is 2.44. The lowest BCUT2D eigenvalue weighted by Gasteiger charge is -2.39. The average Bonchev–Trinajstić information content (AvgIpc) is 2.27. The minimum absolute atomic E-state index is 0.172. The molecule has 2 N–H and O–H groups in total. The first-order valence-corrected chi connectivity index (χ1v) is 5.97. The van der Waals surface area contributed by atoms with Crippen molar-refractivity contribution >= 4 is 5.91 Å². The molecule has 1 aliphatic carbocycles. The maximum absolute atomic E-state index is 11.9. The zero-order chi connectivity index (χ0) is 11.8. The lowest BCUT2D eigenvalue weighted by atomic mass is 9.63. The molecule has 0 bridgehead atoms. The Hall–Kier alpha value is -1.31. The summed E-state index contributed by atoms with van der Waals surface area (Å²) in [5, 5.41) is 0. The molecule has 0 saturated heterocycles.